The predicted octanol–water partition coefficient (Wildman–Crippen LogP) is 3.86. The molecule has 0 radical (unpaired) electrons. The van der Waals surface area contributed by atoms with E-state index in [2.05, 4.69) is 16.7 Å². The van der Waals surface area contributed by atoms with E-state index in [1.54, 1.807) is 6.26 Å². The van der Waals surface area contributed by atoms with Crippen LogP contribution in [0.3, 0.4) is 0 Å². The third-order valence-electron chi connectivity index (χ3n) is 3.70. The number of rotatable bonds is 2. The van der Waals surface area contributed by atoms with Crippen LogP contribution in [0.1, 0.15) is 36.6 Å². The van der Waals surface area contributed by atoms with Crippen molar-refractivity contribution in [1.82, 2.24) is 4.90 Å². The fourth-order valence-electron chi connectivity index (χ4n) is 2.64. The van der Waals surface area contributed by atoms with Crippen molar-refractivity contribution in [3.8, 4) is 11.8 Å². The van der Waals surface area contributed by atoms with Gasteiger partial charge in [-0.1, -0.05) is 36.5 Å². The van der Waals surface area contributed by atoms with E-state index in [0.29, 0.717) is 0 Å². The Bertz CT molecular complexity index is 571. The molecular formula is C18H19NO. The molecule has 0 spiro atoms. The van der Waals surface area contributed by atoms with Crippen LogP contribution in [-0.2, 0) is 0 Å². The maximum absolute atomic E-state index is 5.59. The molecule has 1 atom stereocenters. The predicted molar refractivity (Wildman–Crippen MR) is 80.2 cm³/mol. The van der Waals surface area contributed by atoms with Gasteiger partial charge in [0.2, 0.25) is 0 Å². The lowest BCUT2D eigenvalue weighted by molar-refractivity contribution is 0.180. The Labute approximate surface area is 120 Å². The summed E-state index contributed by atoms with van der Waals surface area (Å²) in [4.78, 5) is 2.43. The van der Waals surface area contributed by atoms with Crippen LogP contribution >= 0.6 is 0 Å². The van der Waals surface area contributed by atoms with Gasteiger partial charge in [0.1, 0.15) is 11.8 Å². The standard InChI is InChI=1S/C18H19NO/c1-3-8-16(9-4-1)11-12-17(18-10-7-15-20-18)19-13-5-2-6-14-19/h1,3-4,7-10,15,17H,2,5-6,13-14H2. The summed E-state index contributed by atoms with van der Waals surface area (Å²) in [5, 5.41) is 0. The molecule has 0 saturated carbocycles. The number of hydrogen-bond donors (Lipinski definition) is 0. The van der Waals surface area contributed by atoms with Gasteiger partial charge in [-0.3, -0.25) is 4.90 Å². The Morgan fingerprint density at radius 3 is 2.45 bits per heavy atom. The van der Waals surface area contributed by atoms with Crippen molar-refractivity contribution in [2.24, 2.45) is 0 Å². The van der Waals surface area contributed by atoms with E-state index in [1.807, 2.05) is 42.5 Å². The summed E-state index contributed by atoms with van der Waals surface area (Å²) < 4.78 is 5.59. The molecule has 0 N–H and O–H groups in total. The summed E-state index contributed by atoms with van der Waals surface area (Å²) in [6.07, 6.45) is 5.57. The Morgan fingerprint density at radius 1 is 0.950 bits per heavy atom. The number of piperidine rings is 1. The number of benzene rings is 1. The maximum atomic E-state index is 5.59. The van der Waals surface area contributed by atoms with E-state index in [0.717, 1.165) is 24.4 Å². The highest BCUT2D eigenvalue weighted by molar-refractivity contribution is 5.36. The molecule has 1 unspecified atom stereocenters. The molecule has 0 aliphatic carbocycles. The van der Waals surface area contributed by atoms with Crippen molar-refractivity contribution in [3.63, 3.8) is 0 Å². The van der Waals surface area contributed by atoms with Crippen molar-refractivity contribution >= 4 is 0 Å². The van der Waals surface area contributed by atoms with Gasteiger partial charge >= 0.3 is 0 Å². The molecule has 2 heteroatoms. The summed E-state index contributed by atoms with van der Waals surface area (Å²) in [5.41, 5.74) is 1.06. The van der Waals surface area contributed by atoms with Crippen LogP contribution in [0.25, 0.3) is 0 Å². The Kier molecular flexibility index (Phi) is 4.20. The molecule has 1 fully saturated rings. The summed E-state index contributed by atoms with van der Waals surface area (Å²) in [6.45, 7) is 2.21. The van der Waals surface area contributed by atoms with E-state index in [-0.39, 0.29) is 6.04 Å². The van der Waals surface area contributed by atoms with E-state index in [9.17, 15) is 0 Å². The lowest BCUT2D eigenvalue weighted by Crippen LogP contribution is -2.32. The number of nitrogens with zero attached hydrogens (tertiary/aromatic N) is 1. The molecule has 0 bridgehead atoms. The highest BCUT2D eigenvalue weighted by atomic mass is 16.3. The highest BCUT2D eigenvalue weighted by Crippen LogP contribution is 2.24. The summed E-state index contributed by atoms with van der Waals surface area (Å²) in [7, 11) is 0. The number of likely N-dealkylation sites (tertiary alicyclic amines) is 1. The molecule has 1 aromatic heterocycles. The normalized spacial score (nSPS) is 17.2. The zero-order valence-electron chi connectivity index (χ0n) is 11.6. The first-order chi connectivity index (χ1) is 9.93. The third kappa shape index (κ3) is 3.12. The zero-order chi connectivity index (χ0) is 13.6. The monoisotopic (exact) mass is 265 g/mol. The highest BCUT2D eigenvalue weighted by Gasteiger charge is 2.22. The molecule has 1 aromatic carbocycles. The van der Waals surface area contributed by atoms with Crippen molar-refractivity contribution in [2.75, 3.05) is 13.1 Å². The average Bonchev–Trinajstić information content (AvgIpc) is 3.04. The van der Waals surface area contributed by atoms with Crippen molar-refractivity contribution in [3.05, 3.63) is 60.1 Å². The first-order valence-corrected chi connectivity index (χ1v) is 7.27. The summed E-state index contributed by atoms with van der Waals surface area (Å²) in [6, 6.07) is 14.2. The van der Waals surface area contributed by atoms with Gasteiger partial charge in [0.25, 0.3) is 0 Å². The summed E-state index contributed by atoms with van der Waals surface area (Å²) in [5.74, 6) is 7.62. The summed E-state index contributed by atoms with van der Waals surface area (Å²) >= 11 is 0. The first-order valence-electron chi connectivity index (χ1n) is 7.27. The van der Waals surface area contributed by atoms with Crippen molar-refractivity contribution in [2.45, 2.75) is 25.3 Å². The van der Waals surface area contributed by atoms with Crippen LogP contribution in [0.15, 0.2) is 53.1 Å². The minimum absolute atomic E-state index is 0.0745. The van der Waals surface area contributed by atoms with Gasteiger partial charge in [-0.25, -0.2) is 0 Å². The van der Waals surface area contributed by atoms with Crippen LogP contribution in [0.5, 0.6) is 0 Å². The van der Waals surface area contributed by atoms with Crippen molar-refractivity contribution in [1.29, 1.82) is 0 Å². The number of furan rings is 1. The molecule has 1 saturated heterocycles. The molecule has 3 rings (SSSR count). The molecule has 1 aliphatic rings. The van der Waals surface area contributed by atoms with Crippen LogP contribution in [-0.4, -0.2) is 18.0 Å². The molecule has 0 amide bonds. The van der Waals surface area contributed by atoms with Crippen LogP contribution in [0, 0.1) is 11.8 Å². The van der Waals surface area contributed by atoms with Crippen LogP contribution in [0.4, 0.5) is 0 Å². The molecule has 2 heterocycles. The van der Waals surface area contributed by atoms with Gasteiger partial charge in [-0.15, -0.1) is 0 Å². The lowest BCUT2D eigenvalue weighted by atomic mass is 10.1. The quantitative estimate of drug-likeness (QED) is 0.767. The van der Waals surface area contributed by atoms with E-state index >= 15 is 0 Å². The molecule has 1 aliphatic heterocycles. The van der Waals surface area contributed by atoms with Crippen LogP contribution < -0.4 is 0 Å². The first kappa shape index (κ1) is 13.0. The fraction of sp³-hybridized carbons (Fsp3) is 0.333. The minimum atomic E-state index is 0.0745. The molecule has 20 heavy (non-hydrogen) atoms. The molecule has 102 valence electrons. The Balaban J connectivity index is 1.84. The van der Waals surface area contributed by atoms with Gasteiger partial charge in [0.05, 0.1) is 6.26 Å². The van der Waals surface area contributed by atoms with Gasteiger partial charge in [0, 0.05) is 5.56 Å². The molecule has 2 aromatic rings. The second kappa shape index (κ2) is 6.45. The average molecular weight is 265 g/mol. The number of hydrogen-bond acceptors (Lipinski definition) is 2. The third-order valence-corrected chi connectivity index (χ3v) is 3.70. The fourth-order valence-corrected chi connectivity index (χ4v) is 2.64. The largest absolute Gasteiger partial charge is 0.467 e. The van der Waals surface area contributed by atoms with E-state index in [1.165, 1.54) is 19.3 Å². The minimum Gasteiger partial charge on any atom is -0.467 e. The van der Waals surface area contributed by atoms with Gasteiger partial charge in [-0.05, 0) is 50.2 Å². The maximum Gasteiger partial charge on any atom is 0.133 e. The van der Waals surface area contributed by atoms with E-state index < -0.39 is 0 Å². The van der Waals surface area contributed by atoms with Gasteiger partial charge < -0.3 is 4.42 Å². The molecule has 2 nitrogen and oxygen atoms in total. The second-order valence-corrected chi connectivity index (χ2v) is 5.15. The van der Waals surface area contributed by atoms with Crippen molar-refractivity contribution < 1.29 is 4.42 Å². The zero-order valence-corrected chi connectivity index (χ0v) is 11.6. The van der Waals surface area contributed by atoms with E-state index in [4.69, 9.17) is 4.42 Å². The Morgan fingerprint density at radius 2 is 1.75 bits per heavy atom. The second-order valence-electron chi connectivity index (χ2n) is 5.15. The Hall–Kier alpha value is -1.98. The SMILES string of the molecule is C(#CC(c1ccco1)N1CCCCC1)c1ccccc1. The topological polar surface area (TPSA) is 16.4 Å². The van der Waals surface area contributed by atoms with Crippen LogP contribution in [0.2, 0.25) is 0 Å². The lowest BCUT2D eigenvalue weighted by Gasteiger charge is -2.30. The smallest absolute Gasteiger partial charge is 0.133 e. The molecular weight excluding hydrogens is 246 g/mol. The van der Waals surface area contributed by atoms with Gasteiger partial charge in [0.15, 0.2) is 0 Å². The van der Waals surface area contributed by atoms with Gasteiger partial charge in [-0.2, -0.15) is 0 Å².